The van der Waals surface area contributed by atoms with Crippen LogP contribution in [0.25, 0.3) is 0 Å². The van der Waals surface area contributed by atoms with Crippen LogP contribution in [0, 0.1) is 0 Å². The number of hydrogen-bond acceptors (Lipinski definition) is 7. The van der Waals surface area contributed by atoms with E-state index in [4.69, 9.17) is 4.74 Å². The second kappa shape index (κ2) is 8.71. The SMILES string of the molecule is CCCCc1cnc(N2CCN(S(=O)(=O)C3(C(=O)O)CCOCC3)CC2)cn1. The van der Waals surface area contributed by atoms with Gasteiger partial charge in [0.05, 0.1) is 18.1 Å². The van der Waals surface area contributed by atoms with Gasteiger partial charge in [-0.25, -0.2) is 13.4 Å². The zero-order valence-corrected chi connectivity index (χ0v) is 17.0. The number of ether oxygens (including phenoxy) is 1. The van der Waals surface area contributed by atoms with E-state index in [-0.39, 0.29) is 39.1 Å². The molecule has 0 radical (unpaired) electrons. The first-order valence-electron chi connectivity index (χ1n) is 9.77. The number of rotatable bonds is 7. The van der Waals surface area contributed by atoms with Crippen molar-refractivity contribution in [2.24, 2.45) is 0 Å². The van der Waals surface area contributed by atoms with Crippen molar-refractivity contribution in [1.29, 1.82) is 0 Å². The third-order valence-corrected chi connectivity index (χ3v) is 8.18. The summed E-state index contributed by atoms with van der Waals surface area (Å²) < 4.78 is 31.0. The summed E-state index contributed by atoms with van der Waals surface area (Å²) in [6.45, 7) is 3.79. The normalized spacial score (nSPS) is 20.8. The van der Waals surface area contributed by atoms with Gasteiger partial charge in [0.25, 0.3) is 0 Å². The smallest absolute Gasteiger partial charge is 0.326 e. The van der Waals surface area contributed by atoms with E-state index in [1.807, 2.05) is 4.90 Å². The van der Waals surface area contributed by atoms with E-state index < -0.39 is 20.7 Å². The average Bonchev–Trinajstić information content (AvgIpc) is 2.73. The van der Waals surface area contributed by atoms with E-state index in [1.165, 1.54) is 4.31 Å². The maximum atomic E-state index is 13.1. The Bertz CT molecular complexity index is 770. The molecule has 0 saturated carbocycles. The Kier molecular flexibility index (Phi) is 6.51. The Morgan fingerprint density at radius 3 is 2.39 bits per heavy atom. The number of hydrogen-bond donors (Lipinski definition) is 1. The van der Waals surface area contributed by atoms with Crippen molar-refractivity contribution in [3.63, 3.8) is 0 Å². The van der Waals surface area contributed by atoms with Crippen LogP contribution in [0.1, 0.15) is 38.3 Å². The summed E-state index contributed by atoms with van der Waals surface area (Å²) in [5, 5.41) is 9.68. The highest BCUT2D eigenvalue weighted by molar-refractivity contribution is 7.91. The van der Waals surface area contributed by atoms with E-state index >= 15 is 0 Å². The first-order valence-corrected chi connectivity index (χ1v) is 11.2. The maximum Gasteiger partial charge on any atom is 0.326 e. The fraction of sp³-hybridized carbons (Fsp3) is 0.722. The third kappa shape index (κ3) is 3.99. The summed E-state index contributed by atoms with van der Waals surface area (Å²) in [5.74, 6) is -0.567. The van der Waals surface area contributed by atoms with Crippen molar-refractivity contribution in [3.05, 3.63) is 18.1 Å². The molecule has 2 aliphatic rings. The van der Waals surface area contributed by atoms with Crippen molar-refractivity contribution in [3.8, 4) is 0 Å². The number of carboxylic acids is 1. The number of sulfonamides is 1. The number of aromatic nitrogens is 2. The highest BCUT2D eigenvalue weighted by Crippen LogP contribution is 2.33. The molecule has 1 aromatic rings. The van der Waals surface area contributed by atoms with Gasteiger partial charge in [-0.2, -0.15) is 4.31 Å². The molecule has 1 aromatic heterocycles. The van der Waals surface area contributed by atoms with Gasteiger partial charge in [-0.15, -0.1) is 0 Å². The predicted octanol–water partition coefficient (Wildman–Crippen LogP) is 0.905. The molecule has 156 valence electrons. The molecule has 10 heteroatoms. The van der Waals surface area contributed by atoms with E-state index in [0.29, 0.717) is 13.1 Å². The minimum Gasteiger partial charge on any atom is -0.480 e. The molecule has 0 bridgehead atoms. The molecule has 0 aromatic carbocycles. The van der Waals surface area contributed by atoms with Crippen LogP contribution in [-0.4, -0.2) is 77.9 Å². The highest BCUT2D eigenvalue weighted by Gasteiger charge is 2.54. The van der Waals surface area contributed by atoms with Crippen LogP contribution in [0.4, 0.5) is 5.82 Å². The van der Waals surface area contributed by atoms with Gasteiger partial charge in [-0.05, 0) is 12.8 Å². The molecule has 3 heterocycles. The lowest BCUT2D eigenvalue weighted by atomic mass is 9.99. The Hall–Kier alpha value is -1.78. The molecule has 2 saturated heterocycles. The van der Waals surface area contributed by atoms with Gasteiger partial charge in [-0.3, -0.25) is 9.78 Å². The number of piperazine rings is 1. The minimum atomic E-state index is -3.98. The van der Waals surface area contributed by atoms with E-state index in [2.05, 4.69) is 16.9 Å². The molecular weight excluding hydrogens is 384 g/mol. The van der Waals surface area contributed by atoms with Gasteiger partial charge in [0.2, 0.25) is 10.0 Å². The summed E-state index contributed by atoms with van der Waals surface area (Å²) in [6, 6.07) is 0. The molecule has 1 N–H and O–H groups in total. The van der Waals surface area contributed by atoms with Crippen molar-refractivity contribution >= 4 is 21.8 Å². The Balaban J connectivity index is 1.66. The molecule has 2 fully saturated rings. The van der Waals surface area contributed by atoms with Gasteiger partial charge in [0.15, 0.2) is 4.75 Å². The topological polar surface area (TPSA) is 113 Å². The first kappa shape index (κ1) is 20.9. The molecule has 0 atom stereocenters. The number of unbranched alkanes of at least 4 members (excludes halogenated alkanes) is 1. The van der Waals surface area contributed by atoms with Gasteiger partial charge >= 0.3 is 5.97 Å². The number of nitrogens with zero attached hydrogens (tertiary/aromatic N) is 4. The van der Waals surface area contributed by atoms with Crippen molar-refractivity contribution < 1.29 is 23.1 Å². The molecule has 0 aliphatic carbocycles. The quantitative estimate of drug-likeness (QED) is 0.703. The molecule has 3 rings (SSSR count). The summed E-state index contributed by atoms with van der Waals surface area (Å²) in [5.41, 5.74) is 0.953. The van der Waals surface area contributed by atoms with Crippen LogP contribution >= 0.6 is 0 Å². The van der Waals surface area contributed by atoms with Gasteiger partial charge in [0, 0.05) is 52.2 Å². The van der Waals surface area contributed by atoms with Crippen molar-refractivity contribution in [1.82, 2.24) is 14.3 Å². The zero-order chi connectivity index (χ0) is 20.2. The number of carbonyl (C=O) groups is 1. The van der Waals surface area contributed by atoms with Crippen LogP contribution in [0.5, 0.6) is 0 Å². The molecule has 9 nitrogen and oxygen atoms in total. The Labute approximate surface area is 165 Å². The lowest BCUT2D eigenvalue weighted by Gasteiger charge is -2.40. The second-order valence-electron chi connectivity index (χ2n) is 7.27. The van der Waals surface area contributed by atoms with E-state index in [1.54, 1.807) is 12.4 Å². The summed E-state index contributed by atoms with van der Waals surface area (Å²) in [7, 11) is -3.98. The molecule has 2 aliphatic heterocycles. The van der Waals surface area contributed by atoms with Crippen LogP contribution in [0.2, 0.25) is 0 Å². The fourth-order valence-electron chi connectivity index (χ4n) is 3.69. The lowest BCUT2D eigenvalue weighted by Crippen LogP contribution is -2.60. The monoisotopic (exact) mass is 412 g/mol. The Morgan fingerprint density at radius 2 is 1.86 bits per heavy atom. The fourth-order valence-corrected chi connectivity index (χ4v) is 5.73. The molecule has 0 spiro atoms. The van der Waals surface area contributed by atoms with E-state index in [0.717, 1.165) is 30.8 Å². The van der Waals surface area contributed by atoms with Gasteiger partial charge in [-0.1, -0.05) is 13.3 Å². The molecular formula is C18H28N4O5S. The Morgan fingerprint density at radius 1 is 1.18 bits per heavy atom. The molecule has 0 amide bonds. The van der Waals surface area contributed by atoms with Crippen LogP contribution < -0.4 is 4.90 Å². The maximum absolute atomic E-state index is 13.1. The summed E-state index contributed by atoms with van der Waals surface area (Å²) >= 11 is 0. The number of aryl methyl sites for hydroxylation is 1. The number of anilines is 1. The highest BCUT2D eigenvalue weighted by atomic mass is 32.2. The predicted molar refractivity (Wildman–Crippen MR) is 104 cm³/mol. The lowest BCUT2D eigenvalue weighted by molar-refractivity contribution is -0.142. The first-order chi connectivity index (χ1) is 13.4. The van der Waals surface area contributed by atoms with E-state index in [9.17, 15) is 18.3 Å². The standard InChI is InChI=1S/C18H28N4O5S/c1-2-3-4-15-13-20-16(14-19-15)21-7-9-22(10-8-21)28(25,26)18(17(23)24)5-11-27-12-6-18/h13-14H,2-12H2,1H3,(H,23,24). The van der Waals surface area contributed by atoms with Crippen LogP contribution in [-0.2, 0) is 26.0 Å². The second-order valence-corrected chi connectivity index (χ2v) is 9.52. The number of aliphatic carboxylic acids is 1. The summed E-state index contributed by atoms with van der Waals surface area (Å²) in [4.78, 5) is 22.8. The van der Waals surface area contributed by atoms with Crippen LogP contribution in [0.3, 0.4) is 0 Å². The van der Waals surface area contributed by atoms with Crippen molar-refractivity contribution in [2.45, 2.75) is 43.8 Å². The van der Waals surface area contributed by atoms with Gasteiger partial charge in [0.1, 0.15) is 5.82 Å². The number of carboxylic acid groups (broad SMARTS) is 1. The average molecular weight is 413 g/mol. The molecule has 0 unspecified atom stereocenters. The minimum absolute atomic E-state index is 0.0183. The van der Waals surface area contributed by atoms with Crippen molar-refractivity contribution in [2.75, 3.05) is 44.3 Å². The molecule has 28 heavy (non-hydrogen) atoms. The third-order valence-electron chi connectivity index (χ3n) is 5.56. The van der Waals surface area contributed by atoms with Crippen LogP contribution in [0.15, 0.2) is 12.4 Å². The largest absolute Gasteiger partial charge is 0.480 e. The van der Waals surface area contributed by atoms with Gasteiger partial charge < -0.3 is 14.7 Å². The summed E-state index contributed by atoms with van der Waals surface area (Å²) in [6.07, 6.45) is 6.54. The zero-order valence-electron chi connectivity index (χ0n) is 16.2.